The summed E-state index contributed by atoms with van der Waals surface area (Å²) in [6, 6.07) is 3.28. The Balaban J connectivity index is 3.12. The average Bonchev–Trinajstić information content (AvgIpc) is 1.98. The van der Waals surface area contributed by atoms with Gasteiger partial charge in [-0.05, 0) is 31.5 Å². The number of benzene rings is 1. The molecule has 1 rings (SSSR count). The van der Waals surface area contributed by atoms with Crippen molar-refractivity contribution >= 4 is 17.4 Å². The molecule has 1 N–H and O–H groups in total. The Morgan fingerprint density at radius 3 is 2.69 bits per heavy atom. The van der Waals surface area contributed by atoms with E-state index in [9.17, 15) is 9.90 Å². The topological polar surface area (TPSA) is 37.3 Å². The fourth-order valence-corrected chi connectivity index (χ4v) is 1.50. The lowest BCUT2D eigenvalue weighted by Gasteiger charge is -2.05. The van der Waals surface area contributed by atoms with Crippen molar-refractivity contribution in [3.8, 4) is 5.75 Å². The Labute approximate surface area is 82.2 Å². The molecule has 0 unspecified atom stereocenters. The second-order valence-electron chi connectivity index (χ2n) is 3.11. The van der Waals surface area contributed by atoms with Crippen molar-refractivity contribution in [3.63, 3.8) is 0 Å². The molecule has 0 saturated heterocycles. The fourth-order valence-electron chi connectivity index (χ4n) is 1.21. The molecule has 2 nitrogen and oxygen atoms in total. The summed E-state index contributed by atoms with van der Waals surface area (Å²) in [6.45, 7) is 3.24. The van der Waals surface area contributed by atoms with Crippen LogP contribution in [-0.4, -0.2) is 10.9 Å². The average molecular weight is 199 g/mol. The molecule has 1 aromatic rings. The minimum atomic E-state index is 0.0111. The summed E-state index contributed by atoms with van der Waals surface area (Å²) in [4.78, 5) is 10.8. The van der Waals surface area contributed by atoms with Gasteiger partial charge in [-0.25, -0.2) is 0 Å². The highest BCUT2D eigenvalue weighted by atomic mass is 35.5. The summed E-state index contributed by atoms with van der Waals surface area (Å²) < 4.78 is 0. The van der Waals surface area contributed by atoms with Crippen molar-refractivity contribution in [2.24, 2.45) is 0 Å². The quantitative estimate of drug-likeness (QED) is 0.793. The number of hydrogen-bond donors (Lipinski definition) is 1. The first-order chi connectivity index (χ1) is 6.00. The van der Waals surface area contributed by atoms with Crippen LogP contribution in [-0.2, 0) is 11.2 Å². The van der Waals surface area contributed by atoms with Crippen molar-refractivity contribution in [1.82, 2.24) is 0 Å². The molecule has 70 valence electrons. The number of halogens is 1. The van der Waals surface area contributed by atoms with E-state index >= 15 is 0 Å². The van der Waals surface area contributed by atoms with Crippen LogP contribution in [0.5, 0.6) is 5.75 Å². The Kier molecular flexibility index (Phi) is 2.94. The number of carbonyl (C=O) groups excluding carboxylic acids is 1. The number of ketones is 1. The van der Waals surface area contributed by atoms with Gasteiger partial charge in [0.15, 0.2) is 0 Å². The summed E-state index contributed by atoms with van der Waals surface area (Å²) in [7, 11) is 0. The lowest BCUT2D eigenvalue weighted by atomic mass is 10.1. The number of aryl methyl sites for hydroxylation is 1. The third-order valence-corrected chi connectivity index (χ3v) is 2.00. The predicted octanol–water partition coefficient (Wildman–Crippen LogP) is 2.49. The van der Waals surface area contributed by atoms with Gasteiger partial charge in [-0.1, -0.05) is 11.6 Å². The van der Waals surface area contributed by atoms with Crippen LogP contribution in [0.4, 0.5) is 0 Å². The minimum Gasteiger partial charge on any atom is -0.507 e. The van der Waals surface area contributed by atoms with Gasteiger partial charge >= 0.3 is 0 Å². The van der Waals surface area contributed by atoms with Gasteiger partial charge in [0.25, 0.3) is 0 Å². The summed E-state index contributed by atoms with van der Waals surface area (Å²) in [5.41, 5.74) is 1.29. The molecule has 0 aliphatic rings. The summed E-state index contributed by atoms with van der Waals surface area (Å²) in [5, 5.41) is 10.1. The monoisotopic (exact) mass is 198 g/mol. The molecule has 0 bridgehead atoms. The van der Waals surface area contributed by atoms with Crippen LogP contribution in [0.1, 0.15) is 18.1 Å². The number of phenols is 1. The lowest BCUT2D eigenvalue weighted by Crippen LogP contribution is -1.97. The van der Waals surface area contributed by atoms with E-state index < -0.39 is 0 Å². The first-order valence-electron chi connectivity index (χ1n) is 3.98. The molecule has 0 amide bonds. The molecule has 0 spiro atoms. The third-order valence-electron chi connectivity index (χ3n) is 1.78. The van der Waals surface area contributed by atoms with E-state index in [0.29, 0.717) is 16.1 Å². The Morgan fingerprint density at radius 2 is 2.15 bits per heavy atom. The number of hydrogen-bond acceptors (Lipinski definition) is 2. The van der Waals surface area contributed by atoms with Crippen LogP contribution >= 0.6 is 11.6 Å². The van der Waals surface area contributed by atoms with E-state index in [-0.39, 0.29) is 18.0 Å². The molecule has 0 aromatic heterocycles. The molecule has 0 aliphatic carbocycles. The van der Waals surface area contributed by atoms with E-state index in [1.54, 1.807) is 19.1 Å². The standard InChI is InChI=1S/C10H11ClO2/c1-6-3-9(11)5-8(10(6)13)4-7(2)12/h3,5,13H,4H2,1-2H3. The molecule has 0 radical (unpaired) electrons. The molecule has 1 aromatic carbocycles. The fraction of sp³-hybridized carbons (Fsp3) is 0.300. The van der Waals surface area contributed by atoms with Gasteiger partial charge in [-0.3, -0.25) is 4.79 Å². The van der Waals surface area contributed by atoms with Gasteiger partial charge in [0.05, 0.1) is 0 Å². The van der Waals surface area contributed by atoms with Crippen LogP contribution in [0.2, 0.25) is 5.02 Å². The van der Waals surface area contributed by atoms with Crippen LogP contribution < -0.4 is 0 Å². The maximum atomic E-state index is 10.8. The van der Waals surface area contributed by atoms with Crippen molar-refractivity contribution < 1.29 is 9.90 Å². The molecule has 3 heteroatoms. The predicted molar refractivity (Wildman–Crippen MR) is 52.2 cm³/mol. The second-order valence-corrected chi connectivity index (χ2v) is 3.55. The van der Waals surface area contributed by atoms with Crippen LogP contribution in [0.25, 0.3) is 0 Å². The molecule has 13 heavy (non-hydrogen) atoms. The van der Waals surface area contributed by atoms with E-state index in [1.165, 1.54) is 6.92 Å². The molecule has 0 aliphatic heterocycles. The molecule has 0 fully saturated rings. The minimum absolute atomic E-state index is 0.0111. The van der Waals surface area contributed by atoms with Crippen molar-refractivity contribution in [2.45, 2.75) is 20.3 Å². The Hall–Kier alpha value is -1.02. The first-order valence-corrected chi connectivity index (χ1v) is 4.36. The molecular weight excluding hydrogens is 188 g/mol. The Bertz CT molecular complexity index is 345. The lowest BCUT2D eigenvalue weighted by molar-refractivity contribution is -0.116. The van der Waals surface area contributed by atoms with Gasteiger partial charge in [0.1, 0.15) is 11.5 Å². The maximum absolute atomic E-state index is 10.8. The SMILES string of the molecule is CC(=O)Cc1cc(Cl)cc(C)c1O. The second kappa shape index (κ2) is 3.79. The van der Waals surface area contributed by atoms with Crippen LogP contribution in [0.15, 0.2) is 12.1 Å². The third kappa shape index (κ3) is 2.46. The number of rotatable bonds is 2. The van der Waals surface area contributed by atoms with Crippen LogP contribution in [0.3, 0.4) is 0 Å². The molecule has 0 saturated carbocycles. The zero-order valence-electron chi connectivity index (χ0n) is 7.60. The van der Waals surface area contributed by atoms with E-state index in [1.807, 2.05) is 0 Å². The van der Waals surface area contributed by atoms with Gasteiger partial charge in [0, 0.05) is 17.0 Å². The van der Waals surface area contributed by atoms with E-state index in [0.717, 1.165) is 0 Å². The van der Waals surface area contributed by atoms with Crippen LogP contribution in [0, 0.1) is 6.92 Å². The first kappa shape index (κ1) is 10.1. The van der Waals surface area contributed by atoms with Crippen molar-refractivity contribution in [1.29, 1.82) is 0 Å². The highest BCUT2D eigenvalue weighted by Crippen LogP contribution is 2.26. The number of Topliss-reactive ketones (excluding diaryl/α,β-unsaturated/α-hetero) is 1. The zero-order chi connectivity index (χ0) is 10.0. The largest absolute Gasteiger partial charge is 0.507 e. The Morgan fingerprint density at radius 1 is 1.54 bits per heavy atom. The number of carbonyl (C=O) groups is 1. The van der Waals surface area contributed by atoms with Gasteiger partial charge in [0.2, 0.25) is 0 Å². The normalized spacial score (nSPS) is 10.1. The zero-order valence-corrected chi connectivity index (χ0v) is 8.35. The highest BCUT2D eigenvalue weighted by molar-refractivity contribution is 6.30. The number of aromatic hydroxyl groups is 1. The van der Waals surface area contributed by atoms with Crippen molar-refractivity contribution in [3.05, 3.63) is 28.3 Å². The molecule has 0 atom stereocenters. The van der Waals surface area contributed by atoms with Gasteiger partial charge in [-0.15, -0.1) is 0 Å². The summed E-state index contributed by atoms with van der Waals surface area (Å²) in [5.74, 6) is 0.177. The van der Waals surface area contributed by atoms with E-state index in [2.05, 4.69) is 0 Å². The van der Waals surface area contributed by atoms with Gasteiger partial charge < -0.3 is 5.11 Å². The van der Waals surface area contributed by atoms with Crippen molar-refractivity contribution in [2.75, 3.05) is 0 Å². The molecular formula is C10H11ClO2. The number of phenolic OH excluding ortho intramolecular Hbond substituents is 1. The maximum Gasteiger partial charge on any atom is 0.134 e. The van der Waals surface area contributed by atoms with Gasteiger partial charge in [-0.2, -0.15) is 0 Å². The van der Waals surface area contributed by atoms with E-state index in [4.69, 9.17) is 11.6 Å². The smallest absolute Gasteiger partial charge is 0.134 e. The highest BCUT2D eigenvalue weighted by Gasteiger charge is 2.07. The summed E-state index contributed by atoms with van der Waals surface area (Å²) >= 11 is 5.78. The summed E-state index contributed by atoms with van der Waals surface area (Å²) in [6.07, 6.45) is 0.229. The molecule has 0 heterocycles.